The zero-order valence-corrected chi connectivity index (χ0v) is 14.0. The average Bonchev–Trinajstić information content (AvgIpc) is 2.99. The molecule has 1 atom stereocenters. The standard InChI is InChI=1S/C18H18N2O3.ClH/c1-2-19-15(18(21)22)11-12-7-9-13(10-8-12)17-20-14-5-3-4-6-16(14)23-17;/h3-10,15,19H,2,11H2,1H3,(H,21,22);1H. The van der Waals surface area contributed by atoms with Crippen LogP contribution in [0, 0.1) is 0 Å². The minimum atomic E-state index is -0.838. The molecule has 0 aliphatic carbocycles. The van der Waals surface area contributed by atoms with E-state index in [1.165, 1.54) is 0 Å². The quantitative estimate of drug-likeness (QED) is 0.714. The van der Waals surface area contributed by atoms with Crippen LogP contribution < -0.4 is 5.32 Å². The Morgan fingerprint density at radius 1 is 1.21 bits per heavy atom. The van der Waals surface area contributed by atoms with Crippen molar-refractivity contribution in [2.45, 2.75) is 19.4 Å². The van der Waals surface area contributed by atoms with E-state index in [1.54, 1.807) is 0 Å². The number of carboxylic acid groups (broad SMARTS) is 1. The Kier molecular flexibility index (Phi) is 5.95. The molecule has 0 aliphatic rings. The fraction of sp³-hybridized carbons (Fsp3) is 0.222. The third-order valence-corrected chi connectivity index (χ3v) is 3.68. The minimum absolute atomic E-state index is 0. The number of carbonyl (C=O) groups is 1. The van der Waals surface area contributed by atoms with Crippen molar-refractivity contribution in [3.05, 3.63) is 54.1 Å². The molecule has 2 N–H and O–H groups in total. The maximum atomic E-state index is 11.2. The number of nitrogens with one attached hydrogen (secondary N) is 1. The number of nitrogens with zero attached hydrogens (tertiary/aromatic N) is 1. The molecule has 24 heavy (non-hydrogen) atoms. The maximum Gasteiger partial charge on any atom is 0.321 e. The van der Waals surface area contributed by atoms with E-state index in [4.69, 9.17) is 4.42 Å². The van der Waals surface area contributed by atoms with Gasteiger partial charge in [0.15, 0.2) is 5.58 Å². The van der Waals surface area contributed by atoms with Gasteiger partial charge in [-0.15, -0.1) is 12.4 Å². The van der Waals surface area contributed by atoms with Crippen LogP contribution in [-0.2, 0) is 11.2 Å². The van der Waals surface area contributed by atoms with Crippen molar-refractivity contribution in [1.29, 1.82) is 0 Å². The van der Waals surface area contributed by atoms with E-state index in [1.807, 2.05) is 55.5 Å². The first-order valence-electron chi connectivity index (χ1n) is 7.58. The summed E-state index contributed by atoms with van der Waals surface area (Å²) < 4.78 is 5.73. The molecule has 1 aromatic heterocycles. The Morgan fingerprint density at radius 2 is 1.92 bits per heavy atom. The lowest BCUT2D eigenvalue weighted by Crippen LogP contribution is -2.38. The molecule has 6 heteroatoms. The number of aliphatic carboxylic acids is 1. The zero-order valence-electron chi connectivity index (χ0n) is 13.2. The SMILES string of the molecule is CCNC(Cc1ccc(-c2nc3ccccc3o2)cc1)C(=O)O.Cl. The molecular formula is C18H19ClN2O3. The van der Waals surface area contributed by atoms with Gasteiger partial charge < -0.3 is 14.8 Å². The van der Waals surface area contributed by atoms with Crippen LogP contribution >= 0.6 is 12.4 Å². The van der Waals surface area contributed by atoms with Crippen molar-refractivity contribution >= 4 is 29.5 Å². The van der Waals surface area contributed by atoms with Gasteiger partial charge in [-0.2, -0.15) is 0 Å². The van der Waals surface area contributed by atoms with Gasteiger partial charge in [-0.05, 0) is 42.8 Å². The molecule has 0 amide bonds. The normalized spacial score (nSPS) is 11.9. The molecule has 1 heterocycles. The lowest BCUT2D eigenvalue weighted by Gasteiger charge is -2.13. The third-order valence-electron chi connectivity index (χ3n) is 3.68. The number of oxazole rings is 1. The first-order chi connectivity index (χ1) is 11.2. The summed E-state index contributed by atoms with van der Waals surface area (Å²) in [5, 5.41) is 12.2. The molecular weight excluding hydrogens is 328 g/mol. The van der Waals surface area contributed by atoms with Crippen molar-refractivity contribution < 1.29 is 14.3 Å². The Hall–Kier alpha value is -2.37. The highest BCUT2D eigenvalue weighted by Gasteiger charge is 2.16. The summed E-state index contributed by atoms with van der Waals surface area (Å²) in [5.41, 5.74) is 3.41. The minimum Gasteiger partial charge on any atom is -0.480 e. The van der Waals surface area contributed by atoms with Crippen LogP contribution in [0.5, 0.6) is 0 Å². The van der Waals surface area contributed by atoms with Gasteiger partial charge in [-0.25, -0.2) is 4.98 Å². The number of hydrogen-bond donors (Lipinski definition) is 2. The monoisotopic (exact) mass is 346 g/mol. The number of fused-ring (bicyclic) bond motifs is 1. The van der Waals surface area contributed by atoms with E-state index in [-0.39, 0.29) is 12.4 Å². The smallest absolute Gasteiger partial charge is 0.321 e. The summed E-state index contributed by atoms with van der Waals surface area (Å²) in [7, 11) is 0. The van der Waals surface area contributed by atoms with Gasteiger partial charge in [0.1, 0.15) is 11.6 Å². The van der Waals surface area contributed by atoms with Crippen molar-refractivity contribution in [3.63, 3.8) is 0 Å². The highest BCUT2D eigenvalue weighted by molar-refractivity contribution is 5.85. The summed E-state index contributed by atoms with van der Waals surface area (Å²) in [5.74, 6) is -0.269. The summed E-state index contributed by atoms with van der Waals surface area (Å²) in [6.07, 6.45) is 0.441. The Bertz CT molecular complexity index is 782. The lowest BCUT2D eigenvalue weighted by molar-refractivity contribution is -0.139. The molecule has 0 fully saturated rings. The fourth-order valence-corrected chi connectivity index (χ4v) is 2.51. The average molecular weight is 347 g/mol. The Labute approximate surface area is 146 Å². The highest BCUT2D eigenvalue weighted by Crippen LogP contribution is 2.24. The molecule has 1 unspecified atom stereocenters. The van der Waals surface area contributed by atoms with Gasteiger partial charge in [0.2, 0.25) is 5.89 Å². The summed E-state index contributed by atoms with van der Waals surface area (Å²) in [4.78, 5) is 15.7. The van der Waals surface area contributed by atoms with Crippen molar-refractivity contribution in [2.75, 3.05) is 6.54 Å². The number of rotatable bonds is 6. The fourth-order valence-electron chi connectivity index (χ4n) is 2.51. The van der Waals surface area contributed by atoms with Crippen LogP contribution in [-0.4, -0.2) is 28.6 Å². The molecule has 0 spiro atoms. The molecule has 0 saturated heterocycles. The summed E-state index contributed by atoms with van der Waals surface area (Å²) in [6.45, 7) is 2.52. The van der Waals surface area contributed by atoms with Crippen LogP contribution in [0.25, 0.3) is 22.6 Å². The zero-order chi connectivity index (χ0) is 16.2. The number of carboxylic acids is 1. The van der Waals surface area contributed by atoms with Crippen molar-refractivity contribution in [1.82, 2.24) is 10.3 Å². The van der Waals surface area contributed by atoms with Crippen LogP contribution in [0.15, 0.2) is 52.9 Å². The van der Waals surface area contributed by atoms with Gasteiger partial charge in [0.05, 0.1) is 0 Å². The maximum absolute atomic E-state index is 11.2. The van der Waals surface area contributed by atoms with Crippen LogP contribution in [0.4, 0.5) is 0 Å². The summed E-state index contributed by atoms with van der Waals surface area (Å²) in [6, 6.07) is 14.7. The number of aromatic nitrogens is 1. The second-order valence-electron chi connectivity index (χ2n) is 5.34. The van der Waals surface area contributed by atoms with Gasteiger partial charge in [0.25, 0.3) is 0 Å². The molecule has 3 rings (SSSR count). The second-order valence-corrected chi connectivity index (χ2v) is 5.34. The predicted octanol–water partition coefficient (Wildman–Crippen LogP) is 3.52. The van der Waals surface area contributed by atoms with Crippen LogP contribution in [0.2, 0.25) is 0 Å². The highest BCUT2D eigenvalue weighted by atomic mass is 35.5. The van der Waals surface area contributed by atoms with Crippen LogP contribution in [0.1, 0.15) is 12.5 Å². The van der Waals surface area contributed by atoms with Gasteiger partial charge in [-0.3, -0.25) is 4.79 Å². The van der Waals surface area contributed by atoms with E-state index < -0.39 is 12.0 Å². The number of halogens is 1. The largest absolute Gasteiger partial charge is 0.480 e. The second kappa shape index (κ2) is 7.95. The van der Waals surface area contributed by atoms with E-state index in [0.717, 1.165) is 22.2 Å². The molecule has 0 radical (unpaired) electrons. The molecule has 5 nitrogen and oxygen atoms in total. The van der Waals surface area contributed by atoms with Gasteiger partial charge >= 0.3 is 5.97 Å². The van der Waals surface area contributed by atoms with E-state index in [9.17, 15) is 9.90 Å². The topological polar surface area (TPSA) is 75.4 Å². The first-order valence-corrected chi connectivity index (χ1v) is 7.58. The molecule has 0 aliphatic heterocycles. The first kappa shape index (κ1) is 18.0. The predicted molar refractivity (Wildman–Crippen MR) is 95.5 cm³/mol. The molecule has 2 aromatic carbocycles. The van der Waals surface area contributed by atoms with Crippen LogP contribution in [0.3, 0.4) is 0 Å². The lowest BCUT2D eigenvalue weighted by atomic mass is 10.0. The van der Waals surface area contributed by atoms with Gasteiger partial charge in [0, 0.05) is 5.56 Å². The third kappa shape index (κ3) is 3.93. The van der Waals surface area contributed by atoms with E-state index >= 15 is 0 Å². The molecule has 126 valence electrons. The van der Waals surface area contributed by atoms with E-state index in [2.05, 4.69) is 10.3 Å². The van der Waals surface area contributed by atoms with Crippen molar-refractivity contribution in [2.24, 2.45) is 0 Å². The van der Waals surface area contributed by atoms with Crippen molar-refractivity contribution in [3.8, 4) is 11.5 Å². The molecule has 3 aromatic rings. The number of hydrogen-bond acceptors (Lipinski definition) is 4. The molecule has 0 bridgehead atoms. The van der Waals surface area contributed by atoms with E-state index in [0.29, 0.717) is 18.9 Å². The Balaban J connectivity index is 0.00000208. The number of likely N-dealkylation sites (N-methyl/N-ethyl adjacent to an activating group) is 1. The number of benzene rings is 2. The molecule has 0 saturated carbocycles. The Morgan fingerprint density at radius 3 is 2.54 bits per heavy atom. The van der Waals surface area contributed by atoms with Gasteiger partial charge in [-0.1, -0.05) is 31.2 Å². The number of para-hydroxylation sites is 2. The summed E-state index contributed by atoms with van der Waals surface area (Å²) >= 11 is 0.